The van der Waals surface area contributed by atoms with E-state index in [0.717, 1.165) is 45.3 Å². The van der Waals surface area contributed by atoms with E-state index < -0.39 is 0 Å². The number of allylic oxidation sites excluding steroid dienone is 2. The van der Waals surface area contributed by atoms with Crippen molar-refractivity contribution in [3.63, 3.8) is 0 Å². The van der Waals surface area contributed by atoms with Crippen molar-refractivity contribution in [2.24, 2.45) is 0 Å². The molecule has 2 nitrogen and oxygen atoms in total. The molecule has 1 aliphatic heterocycles. The number of hydrogen-bond acceptors (Lipinski definition) is 2. The van der Waals surface area contributed by atoms with E-state index in [9.17, 15) is 0 Å². The Bertz CT molecular complexity index is 190. The van der Waals surface area contributed by atoms with E-state index in [1.807, 2.05) is 0 Å². The Balaban J connectivity index is 1.91. The maximum atomic E-state index is 5.66. The van der Waals surface area contributed by atoms with Crippen LogP contribution in [0.1, 0.15) is 39.0 Å². The van der Waals surface area contributed by atoms with Crippen LogP contribution in [0.25, 0.3) is 0 Å². The van der Waals surface area contributed by atoms with Gasteiger partial charge in [-0.1, -0.05) is 18.6 Å². The van der Waals surface area contributed by atoms with Gasteiger partial charge in [-0.3, -0.25) is 0 Å². The molecular weight excluding hydrogens is 164 g/mol. The largest absolute Gasteiger partial charge is 0.348 e. The fourth-order valence-corrected chi connectivity index (χ4v) is 2.23. The van der Waals surface area contributed by atoms with Gasteiger partial charge in [-0.25, -0.2) is 0 Å². The van der Waals surface area contributed by atoms with Crippen LogP contribution in [-0.4, -0.2) is 19.0 Å². The molecule has 2 rings (SSSR count). The molecule has 1 spiro atoms. The van der Waals surface area contributed by atoms with Crippen molar-refractivity contribution in [2.75, 3.05) is 13.2 Å². The standard InChI is InChI=1S/C11H18O2/c1-2-3-10-4-6-11(7-5-10)12-8-9-13-11/h3H,2,4-9H2,1H3. The van der Waals surface area contributed by atoms with E-state index in [4.69, 9.17) is 9.47 Å². The van der Waals surface area contributed by atoms with E-state index in [2.05, 4.69) is 13.0 Å². The van der Waals surface area contributed by atoms with Gasteiger partial charge in [0, 0.05) is 12.8 Å². The van der Waals surface area contributed by atoms with Gasteiger partial charge in [0.1, 0.15) is 0 Å². The lowest BCUT2D eigenvalue weighted by Crippen LogP contribution is -2.33. The van der Waals surface area contributed by atoms with Crippen LogP contribution in [0.3, 0.4) is 0 Å². The van der Waals surface area contributed by atoms with Gasteiger partial charge in [0.25, 0.3) is 0 Å². The molecule has 0 amide bonds. The minimum Gasteiger partial charge on any atom is -0.348 e. The van der Waals surface area contributed by atoms with Gasteiger partial charge < -0.3 is 9.47 Å². The van der Waals surface area contributed by atoms with Gasteiger partial charge in [0.15, 0.2) is 5.79 Å². The summed E-state index contributed by atoms with van der Waals surface area (Å²) >= 11 is 0. The number of rotatable bonds is 1. The lowest BCUT2D eigenvalue weighted by Gasteiger charge is -2.32. The summed E-state index contributed by atoms with van der Waals surface area (Å²) in [7, 11) is 0. The predicted octanol–water partition coefficient (Wildman–Crippen LogP) is 2.64. The van der Waals surface area contributed by atoms with Crippen molar-refractivity contribution in [1.82, 2.24) is 0 Å². The fraction of sp³-hybridized carbons (Fsp3) is 0.818. The van der Waals surface area contributed by atoms with Crippen LogP contribution < -0.4 is 0 Å². The maximum Gasteiger partial charge on any atom is 0.169 e. The van der Waals surface area contributed by atoms with Crippen molar-refractivity contribution in [3.05, 3.63) is 11.6 Å². The van der Waals surface area contributed by atoms with Gasteiger partial charge in [0.05, 0.1) is 13.2 Å². The molecule has 1 saturated heterocycles. The highest BCUT2D eigenvalue weighted by molar-refractivity contribution is 5.07. The van der Waals surface area contributed by atoms with Crippen LogP contribution in [-0.2, 0) is 9.47 Å². The summed E-state index contributed by atoms with van der Waals surface area (Å²) in [6.07, 6.45) is 7.94. The minimum absolute atomic E-state index is 0.189. The molecule has 0 radical (unpaired) electrons. The van der Waals surface area contributed by atoms with Crippen molar-refractivity contribution in [1.29, 1.82) is 0 Å². The quantitative estimate of drug-likeness (QED) is 0.580. The first-order chi connectivity index (χ1) is 6.35. The average Bonchev–Trinajstić information content (AvgIpc) is 2.59. The van der Waals surface area contributed by atoms with Crippen LogP contribution in [0, 0.1) is 0 Å². The molecule has 1 aliphatic carbocycles. The summed E-state index contributed by atoms with van der Waals surface area (Å²) in [5.74, 6) is -0.189. The van der Waals surface area contributed by atoms with E-state index in [-0.39, 0.29) is 5.79 Å². The van der Waals surface area contributed by atoms with E-state index in [1.165, 1.54) is 0 Å². The van der Waals surface area contributed by atoms with Gasteiger partial charge >= 0.3 is 0 Å². The van der Waals surface area contributed by atoms with E-state index in [1.54, 1.807) is 5.57 Å². The average molecular weight is 182 g/mol. The molecule has 0 unspecified atom stereocenters. The Labute approximate surface area is 79.9 Å². The Hall–Kier alpha value is -0.340. The Morgan fingerprint density at radius 2 is 1.85 bits per heavy atom. The van der Waals surface area contributed by atoms with Crippen LogP contribution in [0.5, 0.6) is 0 Å². The summed E-state index contributed by atoms with van der Waals surface area (Å²) in [4.78, 5) is 0. The number of hydrogen-bond donors (Lipinski definition) is 0. The molecular formula is C11H18O2. The minimum atomic E-state index is -0.189. The van der Waals surface area contributed by atoms with Crippen LogP contribution >= 0.6 is 0 Å². The van der Waals surface area contributed by atoms with Crippen molar-refractivity contribution in [3.8, 4) is 0 Å². The first-order valence-electron chi connectivity index (χ1n) is 5.30. The molecule has 2 heteroatoms. The third-order valence-electron chi connectivity index (χ3n) is 2.96. The molecule has 0 aromatic carbocycles. The first kappa shape index (κ1) is 9.22. The molecule has 0 aromatic rings. The molecule has 1 heterocycles. The SMILES string of the molecule is CCC=C1CCC2(CC1)OCCO2. The predicted molar refractivity (Wildman–Crippen MR) is 51.5 cm³/mol. The second kappa shape index (κ2) is 3.81. The van der Waals surface area contributed by atoms with Gasteiger partial charge in [0.2, 0.25) is 0 Å². The maximum absolute atomic E-state index is 5.66. The molecule has 0 bridgehead atoms. The Morgan fingerprint density at radius 3 is 2.38 bits per heavy atom. The topological polar surface area (TPSA) is 18.5 Å². The lowest BCUT2D eigenvalue weighted by atomic mass is 9.89. The summed E-state index contributed by atoms with van der Waals surface area (Å²) in [6.45, 7) is 3.76. The van der Waals surface area contributed by atoms with Gasteiger partial charge in [-0.15, -0.1) is 0 Å². The zero-order valence-electron chi connectivity index (χ0n) is 8.34. The zero-order valence-corrected chi connectivity index (χ0v) is 8.34. The van der Waals surface area contributed by atoms with Gasteiger partial charge in [-0.2, -0.15) is 0 Å². The van der Waals surface area contributed by atoms with Crippen molar-refractivity contribution >= 4 is 0 Å². The van der Waals surface area contributed by atoms with E-state index >= 15 is 0 Å². The van der Waals surface area contributed by atoms with Crippen molar-refractivity contribution < 1.29 is 9.47 Å². The molecule has 0 atom stereocenters. The van der Waals surface area contributed by atoms with Gasteiger partial charge in [-0.05, 0) is 19.3 Å². The molecule has 2 aliphatic rings. The molecule has 1 saturated carbocycles. The molecule has 74 valence electrons. The summed E-state index contributed by atoms with van der Waals surface area (Å²) in [5, 5.41) is 0. The fourth-order valence-electron chi connectivity index (χ4n) is 2.23. The highest BCUT2D eigenvalue weighted by atomic mass is 16.7. The number of ether oxygens (including phenoxy) is 2. The second-order valence-corrected chi connectivity index (χ2v) is 3.88. The Kier molecular flexibility index (Phi) is 2.70. The third kappa shape index (κ3) is 1.94. The third-order valence-corrected chi connectivity index (χ3v) is 2.96. The molecule has 2 fully saturated rings. The summed E-state index contributed by atoms with van der Waals surface area (Å²) in [6, 6.07) is 0. The van der Waals surface area contributed by atoms with Crippen LogP contribution in [0.15, 0.2) is 11.6 Å². The highest BCUT2D eigenvalue weighted by Gasteiger charge is 2.38. The second-order valence-electron chi connectivity index (χ2n) is 3.88. The van der Waals surface area contributed by atoms with E-state index in [0.29, 0.717) is 0 Å². The smallest absolute Gasteiger partial charge is 0.169 e. The summed E-state index contributed by atoms with van der Waals surface area (Å²) < 4.78 is 11.3. The van der Waals surface area contributed by atoms with Crippen LogP contribution in [0.2, 0.25) is 0 Å². The Morgan fingerprint density at radius 1 is 1.23 bits per heavy atom. The molecule has 0 aromatic heterocycles. The van der Waals surface area contributed by atoms with Crippen LogP contribution in [0.4, 0.5) is 0 Å². The first-order valence-corrected chi connectivity index (χ1v) is 5.30. The zero-order chi connectivity index (χ0) is 9.15. The normalized spacial score (nSPS) is 26.7. The van der Waals surface area contributed by atoms with Crippen molar-refractivity contribution in [2.45, 2.75) is 44.8 Å². The molecule has 13 heavy (non-hydrogen) atoms. The highest BCUT2D eigenvalue weighted by Crippen LogP contribution is 2.37. The lowest BCUT2D eigenvalue weighted by molar-refractivity contribution is -0.171. The molecule has 0 N–H and O–H groups in total. The summed E-state index contributed by atoms with van der Waals surface area (Å²) in [5.41, 5.74) is 1.59. The monoisotopic (exact) mass is 182 g/mol.